The van der Waals surface area contributed by atoms with Crippen LogP contribution in [0.25, 0.3) is 0 Å². The van der Waals surface area contributed by atoms with Gasteiger partial charge >= 0.3 is 11.9 Å². The molecule has 156 valence electrons. The predicted octanol–water partition coefficient (Wildman–Crippen LogP) is 5.66. The number of halogens is 1. The Morgan fingerprint density at radius 3 is 1.70 bits per heavy atom. The largest absolute Gasteiger partial charge is 0.465 e. The number of carbonyl (C=O) groups is 2. The summed E-state index contributed by atoms with van der Waals surface area (Å²) in [7, 11) is 0. The van der Waals surface area contributed by atoms with Crippen LogP contribution in [0.15, 0.2) is 0 Å². The van der Waals surface area contributed by atoms with Crippen molar-refractivity contribution in [3.63, 3.8) is 0 Å². The number of ether oxygens (including phenoxy) is 2. The third kappa shape index (κ3) is 7.40. The fourth-order valence-corrected chi connectivity index (χ4v) is 5.56. The number of hydrogen-bond donors (Lipinski definition) is 0. The maximum absolute atomic E-state index is 12.0. The third-order valence-corrected chi connectivity index (χ3v) is 7.37. The summed E-state index contributed by atoms with van der Waals surface area (Å²) < 4.78 is 10.6. The lowest BCUT2D eigenvalue weighted by molar-refractivity contribution is -0.151. The minimum Gasteiger partial charge on any atom is -0.465 e. The minimum atomic E-state index is 0.00899. The third-order valence-electron chi connectivity index (χ3n) is 6.25. The molecule has 2 rings (SSSR count). The highest BCUT2D eigenvalue weighted by Gasteiger charge is 2.33. The summed E-state index contributed by atoms with van der Waals surface area (Å²) >= 11 is 3.94. The molecule has 2 aliphatic carbocycles. The van der Waals surface area contributed by atoms with Gasteiger partial charge in [0.25, 0.3) is 0 Å². The van der Waals surface area contributed by atoms with Crippen molar-refractivity contribution in [1.29, 1.82) is 0 Å². The molecule has 0 radical (unpaired) electrons. The Bertz CT molecular complexity index is 451. The van der Waals surface area contributed by atoms with Crippen LogP contribution in [0.5, 0.6) is 0 Å². The maximum atomic E-state index is 12.0. The van der Waals surface area contributed by atoms with Gasteiger partial charge in [-0.2, -0.15) is 0 Å². The summed E-state index contributed by atoms with van der Waals surface area (Å²) in [6.45, 7) is 5.16. The second kappa shape index (κ2) is 12.1. The van der Waals surface area contributed by atoms with E-state index in [0.717, 1.165) is 64.2 Å². The van der Waals surface area contributed by atoms with Crippen molar-refractivity contribution >= 4 is 27.9 Å². The number of carbonyl (C=O) groups excluding carboxylic acids is 2. The molecule has 0 saturated heterocycles. The van der Waals surface area contributed by atoms with E-state index in [1.54, 1.807) is 0 Å². The first kappa shape index (κ1) is 22.7. The summed E-state index contributed by atoms with van der Waals surface area (Å²) in [6, 6.07) is 0. The monoisotopic (exact) mass is 444 g/mol. The maximum Gasteiger partial charge on any atom is 0.308 e. The Morgan fingerprint density at radius 1 is 0.815 bits per heavy atom. The van der Waals surface area contributed by atoms with Gasteiger partial charge in [-0.3, -0.25) is 9.59 Å². The molecule has 27 heavy (non-hydrogen) atoms. The van der Waals surface area contributed by atoms with E-state index in [9.17, 15) is 9.59 Å². The molecule has 0 aliphatic heterocycles. The molecule has 0 aromatic heterocycles. The normalized spacial score (nSPS) is 29.7. The lowest BCUT2D eigenvalue weighted by Crippen LogP contribution is -2.30. The van der Waals surface area contributed by atoms with Crippen LogP contribution in [0.3, 0.4) is 0 Å². The Morgan fingerprint density at radius 2 is 1.26 bits per heavy atom. The number of hydrogen-bond acceptors (Lipinski definition) is 4. The van der Waals surface area contributed by atoms with Crippen LogP contribution in [0, 0.1) is 23.7 Å². The van der Waals surface area contributed by atoms with Gasteiger partial charge in [0.2, 0.25) is 0 Å². The summed E-state index contributed by atoms with van der Waals surface area (Å²) in [6.07, 6.45) is 11.3. The number of esters is 2. The molecule has 4 nitrogen and oxygen atoms in total. The van der Waals surface area contributed by atoms with Crippen LogP contribution in [0.4, 0.5) is 0 Å². The van der Waals surface area contributed by atoms with Crippen molar-refractivity contribution < 1.29 is 19.1 Å². The molecule has 0 bridgehead atoms. The molecular formula is C22H37BrO4. The van der Waals surface area contributed by atoms with Crippen molar-refractivity contribution in [1.82, 2.24) is 0 Å². The first-order chi connectivity index (χ1) is 13.0. The molecule has 2 fully saturated rings. The van der Waals surface area contributed by atoms with E-state index in [4.69, 9.17) is 9.47 Å². The standard InChI is InChI=1S/C22H37BrO4/c1-3-13-26-21(24)18-7-5-16(6-8-18)15-20(23)17-9-11-19(12-10-17)22(25)27-14-4-2/h16-20H,3-15H2,1-2H3/t16-,17-,18-,19-,20?. The van der Waals surface area contributed by atoms with Gasteiger partial charge in [-0.15, -0.1) is 0 Å². The molecule has 2 saturated carbocycles. The number of rotatable bonds is 9. The van der Waals surface area contributed by atoms with Gasteiger partial charge in [0.05, 0.1) is 25.0 Å². The van der Waals surface area contributed by atoms with Crippen molar-refractivity contribution in [2.75, 3.05) is 13.2 Å². The van der Waals surface area contributed by atoms with Crippen LogP contribution < -0.4 is 0 Å². The quantitative estimate of drug-likeness (QED) is 0.340. The second-order valence-corrected chi connectivity index (χ2v) is 9.59. The molecule has 0 N–H and O–H groups in total. The second-order valence-electron chi connectivity index (χ2n) is 8.42. The van der Waals surface area contributed by atoms with E-state index in [0.29, 0.717) is 29.9 Å². The van der Waals surface area contributed by atoms with E-state index < -0.39 is 0 Å². The first-order valence-electron chi connectivity index (χ1n) is 11.0. The molecule has 0 amide bonds. The van der Waals surface area contributed by atoms with Crippen LogP contribution in [-0.4, -0.2) is 30.0 Å². The van der Waals surface area contributed by atoms with E-state index >= 15 is 0 Å². The van der Waals surface area contributed by atoms with Crippen molar-refractivity contribution in [3.8, 4) is 0 Å². The molecule has 0 spiro atoms. The zero-order valence-corrected chi connectivity index (χ0v) is 18.7. The molecule has 0 heterocycles. The Hall–Kier alpha value is -0.580. The summed E-state index contributed by atoms with van der Waals surface area (Å²) in [5.74, 6) is 1.61. The minimum absolute atomic E-state index is 0.00899. The smallest absolute Gasteiger partial charge is 0.308 e. The Kier molecular flexibility index (Phi) is 10.2. The lowest BCUT2D eigenvalue weighted by Gasteiger charge is -2.34. The van der Waals surface area contributed by atoms with Gasteiger partial charge in [-0.25, -0.2) is 0 Å². The van der Waals surface area contributed by atoms with Gasteiger partial charge in [0.15, 0.2) is 0 Å². The predicted molar refractivity (Wildman–Crippen MR) is 111 cm³/mol. The van der Waals surface area contributed by atoms with Gasteiger partial charge in [-0.1, -0.05) is 29.8 Å². The van der Waals surface area contributed by atoms with Crippen LogP contribution in [0.2, 0.25) is 0 Å². The van der Waals surface area contributed by atoms with Crippen molar-refractivity contribution in [3.05, 3.63) is 0 Å². The van der Waals surface area contributed by atoms with Crippen molar-refractivity contribution in [2.24, 2.45) is 23.7 Å². The lowest BCUT2D eigenvalue weighted by atomic mass is 9.75. The molecule has 5 heteroatoms. The van der Waals surface area contributed by atoms with E-state index in [1.165, 1.54) is 6.42 Å². The first-order valence-corrected chi connectivity index (χ1v) is 11.9. The Labute approximate surface area is 173 Å². The molecule has 2 aliphatic rings. The summed E-state index contributed by atoms with van der Waals surface area (Å²) in [5.41, 5.74) is 0. The SMILES string of the molecule is CCCOC(=O)[C@H]1CC[C@H](CC(Br)[C@H]2CC[C@H](C(=O)OCCC)CC2)CC1. The highest BCUT2D eigenvalue weighted by Crippen LogP contribution is 2.40. The van der Waals surface area contributed by atoms with E-state index in [1.807, 2.05) is 13.8 Å². The van der Waals surface area contributed by atoms with Gasteiger partial charge in [-0.05, 0) is 82.5 Å². The van der Waals surface area contributed by atoms with Gasteiger partial charge in [0, 0.05) is 4.83 Å². The summed E-state index contributed by atoms with van der Waals surface area (Å²) in [4.78, 5) is 24.6. The van der Waals surface area contributed by atoms with Crippen LogP contribution in [0.1, 0.15) is 84.5 Å². The summed E-state index contributed by atoms with van der Waals surface area (Å²) in [5, 5.41) is 0. The highest BCUT2D eigenvalue weighted by molar-refractivity contribution is 9.09. The highest BCUT2D eigenvalue weighted by atomic mass is 79.9. The molecule has 0 aromatic rings. The van der Waals surface area contributed by atoms with Crippen LogP contribution >= 0.6 is 15.9 Å². The average Bonchev–Trinajstić information content (AvgIpc) is 2.70. The van der Waals surface area contributed by atoms with Gasteiger partial charge < -0.3 is 9.47 Å². The van der Waals surface area contributed by atoms with Crippen molar-refractivity contribution in [2.45, 2.75) is 89.3 Å². The molecule has 1 atom stereocenters. The molecule has 0 aromatic carbocycles. The van der Waals surface area contributed by atoms with E-state index in [-0.39, 0.29) is 23.8 Å². The van der Waals surface area contributed by atoms with Gasteiger partial charge in [0.1, 0.15) is 0 Å². The Balaban J connectivity index is 1.66. The fourth-order valence-electron chi connectivity index (χ4n) is 4.50. The zero-order chi connectivity index (χ0) is 19.6. The number of alkyl halides is 1. The topological polar surface area (TPSA) is 52.6 Å². The fraction of sp³-hybridized carbons (Fsp3) is 0.909. The van der Waals surface area contributed by atoms with E-state index in [2.05, 4.69) is 15.9 Å². The average molecular weight is 445 g/mol. The van der Waals surface area contributed by atoms with Crippen LogP contribution in [-0.2, 0) is 19.1 Å². The zero-order valence-electron chi connectivity index (χ0n) is 17.1. The molecule has 1 unspecified atom stereocenters. The molecular weight excluding hydrogens is 408 g/mol.